The Kier molecular flexibility index (Phi) is 7.21. The number of hydrogen-bond donors (Lipinski definition) is 1. The third-order valence-electron chi connectivity index (χ3n) is 5.22. The normalized spacial score (nSPS) is 15.2. The van der Waals surface area contributed by atoms with Crippen LogP contribution in [-0.2, 0) is 16.1 Å². The van der Waals surface area contributed by atoms with Crippen LogP contribution in [0.3, 0.4) is 0 Å². The molecule has 0 amide bonds. The number of nitrogens with zero attached hydrogens (tertiary/aromatic N) is 3. The molecule has 0 saturated carbocycles. The van der Waals surface area contributed by atoms with Gasteiger partial charge in [-0.3, -0.25) is 0 Å². The molecule has 4 rings (SSSR count). The fourth-order valence-corrected chi connectivity index (χ4v) is 4.25. The molecule has 7 nitrogen and oxygen atoms in total. The maximum Gasteiger partial charge on any atom is 0.338 e. The third kappa shape index (κ3) is 5.09. The van der Waals surface area contributed by atoms with Crippen LogP contribution in [0.4, 0.5) is 10.3 Å². The molecule has 1 atom stereocenters. The fraction of sp³-hybridized carbons (Fsp3) is 0.320. The Morgan fingerprint density at radius 2 is 1.94 bits per heavy atom. The first-order valence-electron chi connectivity index (χ1n) is 11.1. The summed E-state index contributed by atoms with van der Waals surface area (Å²) in [5, 5.41) is 8.47. The highest BCUT2D eigenvalue weighted by atomic mass is 32.2. The van der Waals surface area contributed by atoms with Crippen LogP contribution in [0.2, 0.25) is 0 Å². The van der Waals surface area contributed by atoms with Crippen molar-refractivity contribution >= 4 is 23.7 Å². The number of benzene rings is 2. The van der Waals surface area contributed by atoms with Crippen LogP contribution in [-0.4, -0.2) is 32.6 Å². The lowest BCUT2D eigenvalue weighted by atomic mass is 9.95. The van der Waals surface area contributed by atoms with Crippen molar-refractivity contribution < 1.29 is 18.7 Å². The zero-order chi connectivity index (χ0) is 24.2. The first-order chi connectivity index (χ1) is 16.4. The number of fused-ring (bicyclic) bond motifs is 1. The monoisotopic (exact) mass is 482 g/mol. The van der Waals surface area contributed by atoms with E-state index in [4.69, 9.17) is 9.47 Å². The van der Waals surface area contributed by atoms with Gasteiger partial charge in [-0.2, -0.15) is 4.98 Å². The van der Waals surface area contributed by atoms with Gasteiger partial charge in [0.2, 0.25) is 11.1 Å². The number of hydrogen-bond acceptors (Lipinski definition) is 7. The summed E-state index contributed by atoms with van der Waals surface area (Å²) >= 11 is 1.53. The summed E-state index contributed by atoms with van der Waals surface area (Å²) in [6, 6.07) is 13.4. The van der Waals surface area contributed by atoms with E-state index in [1.807, 2.05) is 39.8 Å². The van der Waals surface area contributed by atoms with E-state index in [0.29, 0.717) is 33.7 Å². The topological polar surface area (TPSA) is 78.3 Å². The standard InChI is InChI=1S/C25H27FN4O3S/c1-5-34-25-28-24-27-16(4)21(23(31)33-15(2)3)22(30(24)29-25)17-10-12-19(13-11-17)32-14-18-8-6-7-9-20(18)26/h6-13,15,22H,5,14H2,1-4H3,(H,27,28,29). The summed E-state index contributed by atoms with van der Waals surface area (Å²) in [5.74, 6) is 1.28. The average molecular weight is 483 g/mol. The minimum absolute atomic E-state index is 0.120. The molecule has 2 aromatic carbocycles. The van der Waals surface area contributed by atoms with Crippen molar-refractivity contribution in [2.45, 2.75) is 51.6 Å². The minimum atomic E-state index is -0.512. The zero-order valence-electron chi connectivity index (χ0n) is 19.5. The summed E-state index contributed by atoms with van der Waals surface area (Å²) < 4.78 is 26.9. The Balaban J connectivity index is 1.65. The highest BCUT2D eigenvalue weighted by Crippen LogP contribution is 2.37. The van der Waals surface area contributed by atoms with Gasteiger partial charge in [0.05, 0.1) is 11.7 Å². The van der Waals surface area contributed by atoms with Crippen LogP contribution >= 0.6 is 11.8 Å². The quantitative estimate of drug-likeness (QED) is 0.343. The van der Waals surface area contributed by atoms with E-state index in [1.54, 1.807) is 35.0 Å². The molecule has 3 aromatic rings. The van der Waals surface area contributed by atoms with Crippen molar-refractivity contribution in [3.8, 4) is 5.75 Å². The van der Waals surface area contributed by atoms with Gasteiger partial charge in [-0.1, -0.05) is 49.0 Å². The van der Waals surface area contributed by atoms with E-state index in [9.17, 15) is 9.18 Å². The molecule has 34 heavy (non-hydrogen) atoms. The average Bonchev–Trinajstić information content (AvgIpc) is 3.19. The van der Waals surface area contributed by atoms with Crippen LogP contribution < -0.4 is 10.1 Å². The molecule has 1 N–H and O–H groups in total. The van der Waals surface area contributed by atoms with Crippen molar-refractivity contribution in [1.29, 1.82) is 0 Å². The summed E-state index contributed by atoms with van der Waals surface area (Å²) in [6.45, 7) is 7.62. The van der Waals surface area contributed by atoms with Crippen molar-refractivity contribution in [2.75, 3.05) is 11.1 Å². The number of carbonyl (C=O) groups excluding carboxylic acids is 1. The van der Waals surface area contributed by atoms with Gasteiger partial charge >= 0.3 is 5.97 Å². The Hall–Kier alpha value is -3.33. The maximum absolute atomic E-state index is 13.9. The van der Waals surface area contributed by atoms with Crippen molar-refractivity contribution in [3.05, 3.63) is 76.7 Å². The van der Waals surface area contributed by atoms with Gasteiger partial charge in [-0.05, 0) is 50.3 Å². The molecule has 1 aliphatic rings. The molecule has 0 aliphatic carbocycles. The van der Waals surface area contributed by atoms with Crippen molar-refractivity contribution in [1.82, 2.24) is 14.8 Å². The Bertz CT molecular complexity index is 1210. The lowest BCUT2D eigenvalue weighted by Gasteiger charge is -2.28. The lowest BCUT2D eigenvalue weighted by Crippen LogP contribution is -2.30. The molecule has 0 bridgehead atoms. The van der Waals surface area contributed by atoms with E-state index in [2.05, 4.69) is 15.4 Å². The zero-order valence-corrected chi connectivity index (χ0v) is 20.4. The van der Waals surface area contributed by atoms with Crippen LogP contribution in [0.5, 0.6) is 5.75 Å². The first kappa shape index (κ1) is 23.8. The van der Waals surface area contributed by atoms with Gasteiger partial charge in [0.15, 0.2) is 0 Å². The summed E-state index contributed by atoms with van der Waals surface area (Å²) in [7, 11) is 0. The number of halogens is 1. The second kappa shape index (κ2) is 10.3. The molecule has 178 valence electrons. The lowest BCUT2D eigenvalue weighted by molar-refractivity contribution is -0.143. The van der Waals surface area contributed by atoms with Crippen LogP contribution in [0.15, 0.2) is 65.0 Å². The number of rotatable bonds is 8. The predicted molar refractivity (Wildman–Crippen MR) is 129 cm³/mol. The highest BCUT2D eigenvalue weighted by molar-refractivity contribution is 7.99. The van der Waals surface area contributed by atoms with E-state index in [1.165, 1.54) is 17.8 Å². The number of nitrogens with one attached hydrogen (secondary N) is 1. The molecule has 1 aliphatic heterocycles. The second-order valence-electron chi connectivity index (χ2n) is 8.06. The Labute approximate surface area is 202 Å². The molecular weight excluding hydrogens is 455 g/mol. The molecule has 9 heteroatoms. The maximum atomic E-state index is 13.9. The number of allylic oxidation sites excluding steroid dienone is 1. The van der Waals surface area contributed by atoms with Gasteiger partial charge in [0, 0.05) is 11.3 Å². The number of aromatic nitrogens is 3. The van der Waals surface area contributed by atoms with Gasteiger partial charge in [0.1, 0.15) is 24.2 Å². The molecule has 0 spiro atoms. The van der Waals surface area contributed by atoms with E-state index >= 15 is 0 Å². The van der Waals surface area contributed by atoms with Crippen LogP contribution in [0.25, 0.3) is 0 Å². The van der Waals surface area contributed by atoms with Crippen molar-refractivity contribution in [3.63, 3.8) is 0 Å². The van der Waals surface area contributed by atoms with Gasteiger partial charge < -0.3 is 14.8 Å². The summed E-state index contributed by atoms with van der Waals surface area (Å²) in [5.41, 5.74) is 2.45. The van der Waals surface area contributed by atoms with Gasteiger partial charge in [-0.15, -0.1) is 5.10 Å². The molecular formula is C25H27FN4O3S. The first-order valence-corrected chi connectivity index (χ1v) is 12.1. The molecule has 2 heterocycles. The fourth-order valence-electron chi connectivity index (χ4n) is 3.69. The van der Waals surface area contributed by atoms with E-state index in [-0.39, 0.29) is 18.5 Å². The Morgan fingerprint density at radius 3 is 2.62 bits per heavy atom. The molecule has 1 unspecified atom stereocenters. The van der Waals surface area contributed by atoms with Gasteiger partial charge in [-0.25, -0.2) is 13.9 Å². The number of esters is 1. The third-order valence-corrected chi connectivity index (χ3v) is 5.94. The summed E-state index contributed by atoms with van der Waals surface area (Å²) in [4.78, 5) is 17.6. The van der Waals surface area contributed by atoms with Crippen molar-refractivity contribution in [2.24, 2.45) is 0 Å². The largest absolute Gasteiger partial charge is 0.489 e. The second-order valence-corrected chi connectivity index (χ2v) is 9.30. The highest BCUT2D eigenvalue weighted by Gasteiger charge is 2.35. The van der Waals surface area contributed by atoms with Crippen LogP contribution in [0, 0.1) is 5.82 Å². The minimum Gasteiger partial charge on any atom is -0.489 e. The molecule has 1 aromatic heterocycles. The van der Waals surface area contributed by atoms with Crippen LogP contribution in [0.1, 0.15) is 44.9 Å². The molecule has 0 fully saturated rings. The number of thioether (sulfide) groups is 1. The van der Waals surface area contributed by atoms with E-state index in [0.717, 1.165) is 11.3 Å². The predicted octanol–water partition coefficient (Wildman–Crippen LogP) is 5.35. The molecule has 0 radical (unpaired) electrons. The number of anilines is 1. The van der Waals surface area contributed by atoms with E-state index < -0.39 is 12.0 Å². The molecule has 0 saturated heterocycles. The SMILES string of the molecule is CCSc1nc2n(n1)C(c1ccc(OCc3ccccc3F)cc1)C(C(=O)OC(C)C)=C(C)N2. The Morgan fingerprint density at radius 1 is 1.21 bits per heavy atom. The summed E-state index contributed by atoms with van der Waals surface area (Å²) in [6.07, 6.45) is -0.258. The van der Waals surface area contributed by atoms with Gasteiger partial charge in [0.25, 0.3) is 0 Å². The number of carbonyl (C=O) groups is 1. The smallest absolute Gasteiger partial charge is 0.338 e. The number of ether oxygens (including phenoxy) is 2.